The first kappa shape index (κ1) is 19.2. The summed E-state index contributed by atoms with van der Waals surface area (Å²) in [6, 6.07) is 16.7. The zero-order chi connectivity index (χ0) is 20.3. The van der Waals surface area contributed by atoms with Crippen molar-refractivity contribution in [2.45, 2.75) is 18.7 Å². The molecule has 2 aromatic heterocycles. The fraction of sp³-hybridized carbons (Fsp3) is 0.391. The van der Waals surface area contributed by atoms with Gasteiger partial charge in [-0.25, -0.2) is 9.67 Å². The Hall–Kier alpha value is -2.74. The van der Waals surface area contributed by atoms with Gasteiger partial charge >= 0.3 is 0 Å². The summed E-state index contributed by atoms with van der Waals surface area (Å²) in [5, 5.41) is 15.1. The Balaban J connectivity index is 1.18. The van der Waals surface area contributed by atoms with Gasteiger partial charge in [0.15, 0.2) is 0 Å². The van der Waals surface area contributed by atoms with Crippen molar-refractivity contribution >= 4 is 5.82 Å². The van der Waals surface area contributed by atoms with Gasteiger partial charge in [0.05, 0.1) is 11.8 Å². The quantitative estimate of drug-likeness (QED) is 0.698. The van der Waals surface area contributed by atoms with E-state index in [0.29, 0.717) is 0 Å². The predicted octanol–water partition coefficient (Wildman–Crippen LogP) is 1.63. The maximum absolute atomic E-state index is 10.8. The number of hydrogen-bond donors (Lipinski definition) is 1. The van der Waals surface area contributed by atoms with Gasteiger partial charge in [-0.3, -0.25) is 9.80 Å². The molecule has 0 spiro atoms. The first-order valence-corrected chi connectivity index (χ1v) is 10.7. The van der Waals surface area contributed by atoms with Crippen molar-refractivity contribution in [2.24, 2.45) is 0 Å². The monoisotopic (exact) mass is 404 g/mol. The summed E-state index contributed by atoms with van der Waals surface area (Å²) in [4.78, 5) is 11.6. The van der Waals surface area contributed by atoms with Crippen LogP contribution in [0.4, 0.5) is 5.82 Å². The van der Waals surface area contributed by atoms with Crippen LogP contribution in [0.1, 0.15) is 5.56 Å². The van der Waals surface area contributed by atoms with E-state index in [0.717, 1.165) is 57.3 Å². The van der Waals surface area contributed by atoms with Crippen LogP contribution < -0.4 is 4.90 Å². The summed E-state index contributed by atoms with van der Waals surface area (Å²) in [6.07, 6.45) is 5.30. The van der Waals surface area contributed by atoms with Crippen LogP contribution in [-0.4, -0.2) is 81.1 Å². The molecule has 7 heteroatoms. The standard InChI is InChI=1S/C23H28N6O/c30-22-18-26(16-19-5-3-6-20(15-19)29-10-4-9-25-29)17-21(22)27-11-13-28(14-12-27)23-7-1-2-8-24-23/h1-10,15,21-22,30H,11-14,16-18H2/t21-,22-/m0/s1. The van der Waals surface area contributed by atoms with Crippen LogP contribution in [0, 0.1) is 0 Å². The molecule has 2 aliphatic rings. The van der Waals surface area contributed by atoms with E-state index in [2.05, 4.69) is 55.1 Å². The molecule has 5 rings (SSSR count). The molecule has 1 aromatic carbocycles. The fourth-order valence-electron chi connectivity index (χ4n) is 4.64. The largest absolute Gasteiger partial charge is 0.390 e. The molecule has 0 aliphatic carbocycles. The number of rotatable bonds is 5. The highest BCUT2D eigenvalue weighted by atomic mass is 16.3. The van der Waals surface area contributed by atoms with E-state index >= 15 is 0 Å². The summed E-state index contributed by atoms with van der Waals surface area (Å²) in [6.45, 7) is 6.28. The average molecular weight is 405 g/mol. The second-order valence-corrected chi connectivity index (χ2v) is 8.16. The molecule has 2 saturated heterocycles. The molecule has 7 nitrogen and oxygen atoms in total. The third kappa shape index (κ3) is 4.09. The Morgan fingerprint density at radius 3 is 2.60 bits per heavy atom. The van der Waals surface area contributed by atoms with Gasteiger partial charge in [-0.2, -0.15) is 5.10 Å². The second kappa shape index (κ2) is 8.55. The van der Waals surface area contributed by atoms with E-state index in [-0.39, 0.29) is 12.1 Å². The zero-order valence-corrected chi connectivity index (χ0v) is 17.1. The summed E-state index contributed by atoms with van der Waals surface area (Å²) in [5.41, 5.74) is 2.32. The molecular formula is C23H28N6O. The van der Waals surface area contributed by atoms with Crippen LogP contribution >= 0.6 is 0 Å². The van der Waals surface area contributed by atoms with Crippen molar-refractivity contribution < 1.29 is 5.11 Å². The summed E-state index contributed by atoms with van der Waals surface area (Å²) in [7, 11) is 0. The highest BCUT2D eigenvalue weighted by Crippen LogP contribution is 2.22. The Bertz CT molecular complexity index is 939. The first-order chi connectivity index (χ1) is 14.8. The van der Waals surface area contributed by atoms with Crippen molar-refractivity contribution in [3.63, 3.8) is 0 Å². The van der Waals surface area contributed by atoms with E-state index < -0.39 is 0 Å². The molecule has 4 heterocycles. The number of piperazine rings is 1. The highest BCUT2D eigenvalue weighted by Gasteiger charge is 2.36. The predicted molar refractivity (Wildman–Crippen MR) is 117 cm³/mol. The van der Waals surface area contributed by atoms with Crippen molar-refractivity contribution in [1.29, 1.82) is 0 Å². The third-order valence-electron chi connectivity index (χ3n) is 6.18. The number of nitrogens with zero attached hydrogens (tertiary/aromatic N) is 6. The molecule has 0 saturated carbocycles. The number of aromatic nitrogens is 3. The molecule has 1 N–H and O–H groups in total. The van der Waals surface area contributed by atoms with Crippen molar-refractivity contribution in [3.8, 4) is 5.69 Å². The SMILES string of the molecule is O[C@H]1CN(Cc2cccc(-n3cccn3)c2)C[C@@H]1N1CCN(c2ccccn2)CC1. The lowest BCUT2D eigenvalue weighted by atomic mass is 10.1. The normalized spacial score (nSPS) is 23.2. The van der Waals surface area contributed by atoms with Crippen LogP contribution in [0.2, 0.25) is 0 Å². The Morgan fingerprint density at radius 1 is 0.933 bits per heavy atom. The van der Waals surface area contributed by atoms with Crippen LogP contribution in [0.5, 0.6) is 0 Å². The van der Waals surface area contributed by atoms with Gasteiger partial charge in [0.2, 0.25) is 0 Å². The lowest BCUT2D eigenvalue weighted by Crippen LogP contribution is -2.53. The van der Waals surface area contributed by atoms with E-state index in [9.17, 15) is 5.11 Å². The zero-order valence-electron chi connectivity index (χ0n) is 17.1. The summed E-state index contributed by atoms with van der Waals surface area (Å²) in [5.74, 6) is 1.04. The fourth-order valence-corrected chi connectivity index (χ4v) is 4.64. The molecular weight excluding hydrogens is 376 g/mol. The van der Waals surface area contributed by atoms with E-state index in [4.69, 9.17) is 0 Å². The first-order valence-electron chi connectivity index (χ1n) is 10.7. The van der Waals surface area contributed by atoms with Crippen LogP contribution in [0.3, 0.4) is 0 Å². The number of hydrogen-bond acceptors (Lipinski definition) is 6. The summed E-state index contributed by atoms with van der Waals surface area (Å²) < 4.78 is 1.88. The maximum Gasteiger partial charge on any atom is 0.128 e. The Morgan fingerprint density at radius 2 is 1.83 bits per heavy atom. The highest BCUT2D eigenvalue weighted by molar-refractivity contribution is 5.38. The number of likely N-dealkylation sites (tertiary alicyclic amines) is 1. The minimum atomic E-state index is -0.305. The van der Waals surface area contributed by atoms with Gasteiger partial charge in [0.25, 0.3) is 0 Å². The molecule has 2 fully saturated rings. The van der Waals surface area contributed by atoms with Gasteiger partial charge in [0.1, 0.15) is 5.82 Å². The van der Waals surface area contributed by atoms with Gasteiger partial charge in [-0.15, -0.1) is 0 Å². The second-order valence-electron chi connectivity index (χ2n) is 8.16. The van der Waals surface area contributed by atoms with Crippen LogP contribution in [0.25, 0.3) is 5.69 Å². The average Bonchev–Trinajstić information content (AvgIpc) is 3.45. The molecule has 0 bridgehead atoms. The molecule has 0 radical (unpaired) electrons. The number of aliphatic hydroxyl groups is 1. The molecule has 3 aromatic rings. The minimum absolute atomic E-state index is 0.199. The molecule has 30 heavy (non-hydrogen) atoms. The van der Waals surface area contributed by atoms with Gasteiger partial charge in [-0.1, -0.05) is 18.2 Å². The van der Waals surface area contributed by atoms with Crippen molar-refractivity contribution in [2.75, 3.05) is 44.2 Å². The molecule has 2 aliphatic heterocycles. The molecule has 2 atom stereocenters. The Kier molecular flexibility index (Phi) is 5.48. The van der Waals surface area contributed by atoms with Gasteiger partial charge in [0, 0.05) is 70.4 Å². The number of aliphatic hydroxyl groups excluding tert-OH is 1. The molecule has 156 valence electrons. The Labute approximate surface area is 177 Å². The van der Waals surface area contributed by atoms with E-state index in [1.165, 1.54) is 5.56 Å². The number of benzene rings is 1. The van der Waals surface area contributed by atoms with Crippen LogP contribution in [-0.2, 0) is 6.54 Å². The van der Waals surface area contributed by atoms with Crippen molar-refractivity contribution in [1.82, 2.24) is 24.6 Å². The third-order valence-corrected chi connectivity index (χ3v) is 6.18. The van der Waals surface area contributed by atoms with E-state index in [1.54, 1.807) is 6.20 Å². The van der Waals surface area contributed by atoms with Gasteiger partial charge in [-0.05, 0) is 35.9 Å². The van der Waals surface area contributed by atoms with E-state index in [1.807, 2.05) is 35.3 Å². The lowest BCUT2D eigenvalue weighted by Gasteiger charge is -2.39. The summed E-state index contributed by atoms with van der Waals surface area (Å²) >= 11 is 0. The maximum atomic E-state index is 10.8. The lowest BCUT2D eigenvalue weighted by molar-refractivity contribution is 0.0790. The van der Waals surface area contributed by atoms with Crippen LogP contribution in [0.15, 0.2) is 67.1 Å². The molecule has 0 unspecified atom stereocenters. The number of anilines is 1. The number of pyridine rings is 1. The minimum Gasteiger partial charge on any atom is -0.390 e. The smallest absolute Gasteiger partial charge is 0.128 e. The van der Waals surface area contributed by atoms with Gasteiger partial charge < -0.3 is 10.0 Å². The van der Waals surface area contributed by atoms with Crippen molar-refractivity contribution in [3.05, 3.63) is 72.7 Å². The topological polar surface area (TPSA) is 60.7 Å². The molecule has 0 amide bonds. The number of β-amino-alcohol motifs (C(OH)–C–C–N with tert-alkyl or cyclic N) is 1.